The predicted octanol–water partition coefficient (Wildman–Crippen LogP) is 3.63. The van der Waals surface area contributed by atoms with Crippen LogP contribution in [-0.2, 0) is 0 Å². The molecule has 2 nitrogen and oxygen atoms in total. The monoisotopic (exact) mass is 312 g/mol. The van der Waals surface area contributed by atoms with Crippen LogP contribution in [-0.4, -0.2) is 30.1 Å². The van der Waals surface area contributed by atoms with Gasteiger partial charge in [0.2, 0.25) is 0 Å². The number of nitrogens with zero attached hydrogens (tertiary/aromatic N) is 1. The fourth-order valence-corrected chi connectivity index (χ4v) is 3.56. The van der Waals surface area contributed by atoms with Gasteiger partial charge in [0, 0.05) is 23.1 Å². The summed E-state index contributed by atoms with van der Waals surface area (Å²) in [6, 6.07) is 6.24. The van der Waals surface area contributed by atoms with E-state index in [4.69, 9.17) is 0 Å². The lowest BCUT2D eigenvalue weighted by Gasteiger charge is -2.33. The highest BCUT2D eigenvalue weighted by atomic mass is 79.9. The summed E-state index contributed by atoms with van der Waals surface area (Å²) in [4.78, 5) is 2.55. The van der Waals surface area contributed by atoms with E-state index in [0.717, 1.165) is 17.4 Å². The third-order valence-electron chi connectivity index (χ3n) is 4.13. The molecule has 2 heterocycles. The molecule has 2 atom stereocenters. The first-order valence-corrected chi connectivity index (χ1v) is 7.49. The molecule has 0 spiro atoms. The van der Waals surface area contributed by atoms with Crippen LogP contribution < -0.4 is 5.32 Å². The number of anilines is 1. The van der Waals surface area contributed by atoms with Crippen molar-refractivity contribution in [2.75, 3.05) is 18.4 Å². The van der Waals surface area contributed by atoms with Gasteiger partial charge in [0.1, 0.15) is 5.82 Å². The zero-order chi connectivity index (χ0) is 12.5. The third-order valence-corrected chi connectivity index (χ3v) is 4.62. The van der Waals surface area contributed by atoms with Gasteiger partial charge in [-0.1, -0.05) is 22.4 Å². The molecule has 3 rings (SSSR count). The number of piperidine rings is 1. The van der Waals surface area contributed by atoms with Gasteiger partial charge in [-0.05, 0) is 44.0 Å². The summed E-state index contributed by atoms with van der Waals surface area (Å²) in [5.41, 5.74) is 0.635. The van der Waals surface area contributed by atoms with Gasteiger partial charge in [-0.2, -0.15) is 0 Å². The number of benzene rings is 1. The van der Waals surface area contributed by atoms with E-state index in [1.54, 1.807) is 0 Å². The number of halogens is 2. The minimum atomic E-state index is -0.168. The Morgan fingerprint density at radius 2 is 2.11 bits per heavy atom. The maximum atomic E-state index is 13.8. The van der Waals surface area contributed by atoms with Gasteiger partial charge in [0.15, 0.2) is 0 Å². The molecule has 2 unspecified atom stereocenters. The third kappa shape index (κ3) is 2.41. The van der Waals surface area contributed by atoms with Gasteiger partial charge in [-0.25, -0.2) is 4.39 Å². The SMILES string of the molecule is Fc1cc(Br)ccc1NC1CCN2CCCCC12. The second-order valence-electron chi connectivity index (χ2n) is 5.26. The lowest BCUT2D eigenvalue weighted by molar-refractivity contribution is 0.192. The molecule has 2 saturated heterocycles. The van der Waals surface area contributed by atoms with Crippen LogP contribution in [0.5, 0.6) is 0 Å². The van der Waals surface area contributed by atoms with Gasteiger partial charge < -0.3 is 5.32 Å². The number of nitrogens with one attached hydrogen (secondary N) is 1. The molecule has 2 aliphatic rings. The Labute approximate surface area is 116 Å². The topological polar surface area (TPSA) is 15.3 Å². The molecule has 0 bridgehead atoms. The van der Waals surface area contributed by atoms with E-state index in [2.05, 4.69) is 26.1 Å². The van der Waals surface area contributed by atoms with Crippen LogP contribution in [0.4, 0.5) is 10.1 Å². The largest absolute Gasteiger partial charge is 0.378 e. The molecule has 1 aromatic rings. The van der Waals surface area contributed by atoms with Crippen molar-refractivity contribution in [1.29, 1.82) is 0 Å². The summed E-state index contributed by atoms with van der Waals surface area (Å²) < 4.78 is 14.6. The highest BCUT2D eigenvalue weighted by Crippen LogP contribution is 2.30. The van der Waals surface area contributed by atoms with Gasteiger partial charge in [-0.3, -0.25) is 4.90 Å². The Balaban J connectivity index is 1.72. The summed E-state index contributed by atoms with van der Waals surface area (Å²) >= 11 is 3.29. The lowest BCUT2D eigenvalue weighted by Crippen LogP contribution is -2.41. The van der Waals surface area contributed by atoms with Gasteiger partial charge in [0.25, 0.3) is 0 Å². The summed E-state index contributed by atoms with van der Waals surface area (Å²) in [6.45, 7) is 2.37. The maximum absolute atomic E-state index is 13.8. The molecule has 0 saturated carbocycles. The lowest BCUT2D eigenvalue weighted by atomic mass is 9.99. The molecule has 2 fully saturated rings. The predicted molar refractivity (Wildman–Crippen MR) is 75.3 cm³/mol. The van der Waals surface area contributed by atoms with Crippen molar-refractivity contribution in [3.05, 3.63) is 28.5 Å². The van der Waals surface area contributed by atoms with E-state index in [-0.39, 0.29) is 5.82 Å². The molecule has 0 radical (unpaired) electrons. The second-order valence-corrected chi connectivity index (χ2v) is 6.18. The molecule has 1 N–H and O–H groups in total. The van der Waals surface area contributed by atoms with E-state index in [1.165, 1.54) is 31.9 Å². The summed E-state index contributed by atoms with van der Waals surface area (Å²) in [5.74, 6) is -0.168. The van der Waals surface area contributed by atoms with Crippen LogP contribution in [0.2, 0.25) is 0 Å². The summed E-state index contributed by atoms with van der Waals surface area (Å²) in [6.07, 6.45) is 4.99. The first-order chi connectivity index (χ1) is 8.74. The minimum absolute atomic E-state index is 0.168. The van der Waals surface area contributed by atoms with Crippen LogP contribution in [0.25, 0.3) is 0 Å². The zero-order valence-corrected chi connectivity index (χ0v) is 11.9. The van der Waals surface area contributed by atoms with Gasteiger partial charge >= 0.3 is 0 Å². The van der Waals surface area contributed by atoms with Crippen molar-refractivity contribution in [3.63, 3.8) is 0 Å². The minimum Gasteiger partial charge on any atom is -0.378 e. The van der Waals surface area contributed by atoms with Crippen molar-refractivity contribution in [2.45, 2.75) is 37.8 Å². The smallest absolute Gasteiger partial charge is 0.147 e. The molecule has 0 aliphatic carbocycles. The number of rotatable bonds is 2. The highest BCUT2D eigenvalue weighted by Gasteiger charge is 2.35. The maximum Gasteiger partial charge on any atom is 0.147 e. The molecule has 4 heteroatoms. The van der Waals surface area contributed by atoms with Crippen molar-refractivity contribution in [2.24, 2.45) is 0 Å². The Kier molecular flexibility index (Phi) is 3.57. The van der Waals surface area contributed by atoms with E-state index in [0.29, 0.717) is 17.8 Å². The van der Waals surface area contributed by atoms with E-state index >= 15 is 0 Å². The summed E-state index contributed by atoms with van der Waals surface area (Å²) in [5, 5.41) is 3.40. The Morgan fingerprint density at radius 3 is 2.94 bits per heavy atom. The molecular weight excluding hydrogens is 295 g/mol. The van der Waals surface area contributed by atoms with Crippen LogP contribution in [0.3, 0.4) is 0 Å². The number of hydrogen-bond acceptors (Lipinski definition) is 2. The van der Waals surface area contributed by atoms with Crippen molar-refractivity contribution >= 4 is 21.6 Å². The van der Waals surface area contributed by atoms with Crippen molar-refractivity contribution in [1.82, 2.24) is 4.90 Å². The van der Waals surface area contributed by atoms with Crippen LogP contribution >= 0.6 is 15.9 Å². The average Bonchev–Trinajstić information content (AvgIpc) is 2.76. The van der Waals surface area contributed by atoms with Crippen molar-refractivity contribution < 1.29 is 4.39 Å². The quantitative estimate of drug-likeness (QED) is 0.897. The fourth-order valence-electron chi connectivity index (χ4n) is 3.22. The molecule has 2 aliphatic heterocycles. The fraction of sp³-hybridized carbons (Fsp3) is 0.571. The average molecular weight is 313 g/mol. The van der Waals surface area contributed by atoms with Crippen LogP contribution in [0, 0.1) is 5.82 Å². The molecule has 1 aromatic carbocycles. The van der Waals surface area contributed by atoms with Crippen LogP contribution in [0.15, 0.2) is 22.7 Å². The number of fused-ring (bicyclic) bond motifs is 1. The highest BCUT2D eigenvalue weighted by molar-refractivity contribution is 9.10. The Morgan fingerprint density at radius 1 is 1.22 bits per heavy atom. The summed E-state index contributed by atoms with van der Waals surface area (Å²) in [7, 11) is 0. The van der Waals surface area contributed by atoms with E-state index in [9.17, 15) is 4.39 Å². The first-order valence-electron chi connectivity index (χ1n) is 6.70. The molecule has 0 amide bonds. The van der Waals surface area contributed by atoms with Crippen LogP contribution in [0.1, 0.15) is 25.7 Å². The molecule has 18 heavy (non-hydrogen) atoms. The van der Waals surface area contributed by atoms with Crippen molar-refractivity contribution in [3.8, 4) is 0 Å². The van der Waals surface area contributed by atoms with Gasteiger partial charge in [0.05, 0.1) is 5.69 Å². The number of hydrogen-bond donors (Lipinski definition) is 1. The Bertz CT molecular complexity index is 438. The van der Waals surface area contributed by atoms with E-state index in [1.807, 2.05) is 12.1 Å². The molecule has 98 valence electrons. The standard InChI is InChI=1S/C14H18BrFN2/c15-10-4-5-12(11(16)9-10)17-13-6-8-18-7-2-1-3-14(13)18/h4-5,9,13-14,17H,1-3,6-8H2. The normalized spacial score (nSPS) is 28.1. The Hall–Kier alpha value is -0.610. The molecule has 0 aromatic heterocycles. The first kappa shape index (κ1) is 12.4. The zero-order valence-electron chi connectivity index (χ0n) is 10.3. The van der Waals surface area contributed by atoms with Gasteiger partial charge in [-0.15, -0.1) is 0 Å². The second kappa shape index (κ2) is 5.17. The van der Waals surface area contributed by atoms with E-state index < -0.39 is 0 Å². The molecular formula is C14H18BrFN2.